The number of hydrogen-bond acceptors (Lipinski definition) is 5. The van der Waals surface area contributed by atoms with Crippen LogP contribution in [0.25, 0.3) is 0 Å². The van der Waals surface area contributed by atoms with Gasteiger partial charge < -0.3 is 10.2 Å². The highest BCUT2D eigenvalue weighted by atomic mass is 32.2. The van der Waals surface area contributed by atoms with Gasteiger partial charge in [0.25, 0.3) is 0 Å². The third-order valence-electron chi connectivity index (χ3n) is 7.02. The molecule has 0 unspecified atom stereocenters. The molecule has 0 aromatic heterocycles. The summed E-state index contributed by atoms with van der Waals surface area (Å²) in [5.74, 6) is 0.0115. The largest absolute Gasteiger partial charge is 0.340 e. The Morgan fingerprint density at radius 3 is 1.97 bits per heavy atom. The second-order valence-corrected chi connectivity index (χ2v) is 11.9. The first-order valence-corrected chi connectivity index (χ1v) is 13.9. The zero-order valence-electron chi connectivity index (χ0n) is 21.2. The quantitative estimate of drug-likeness (QED) is 0.632. The SMILES string of the molecule is CC(=O)Nc1ccc(S(=O)(=O)N(C(C)C)[C@H]2CC[C@H](C(=O)N3CCN(C(C)C)CC3)CC2)cc1. The number of carbonyl (C=O) groups excluding carboxylic acids is 2. The van der Waals surface area contributed by atoms with Gasteiger partial charge in [-0.25, -0.2) is 8.42 Å². The van der Waals surface area contributed by atoms with E-state index in [-0.39, 0.29) is 34.7 Å². The fourth-order valence-electron chi connectivity index (χ4n) is 5.22. The predicted molar refractivity (Wildman–Crippen MR) is 134 cm³/mol. The van der Waals surface area contributed by atoms with Gasteiger partial charge in [-0.05, 0) is 77.6 Å². The van der Waals surface area contributed by atoms with E-state index < -0.39 is 10.0 Å². The minimum Gasteiger partial charge on any atom is -0.340 e. The number of benzene rings is 1. The first kappa shape index (κ1) is 26.6. The lowest BCUT2D eigenvalue weighted by atomic mass is 9.84. The summed E-state index contributed by atoms with van der Waals surface area (Å²) in [7, 11) is -3.70. The summed E-state index contributed by atoms with van der Waals surface area (Å²) >= 11 is 0. The van der Waals surface area contributed by atoms with Crippen molar-refractivity contribution in [1.29, 1.82) is 0 Å². The Morgan fingerprint density at radius 2 is 1.50 bits per heavy atom. The molecule has 0 bridgehead atoms. The van der Waals surface area contributed by atoms with E-state index in [0.717, 1.165) is 26.2 Å². The molecule has 2 amide bonds. The Kier molecular flexibility index (Phi) is 8.76. The van der Waals surface area contributed by atoms with Crippen molar-refractivity contribution in [1.82, 2.24) is 14.1 Å². The summed E-state index contributed by atoms with van der Waals surface area (Å²) in [5, 5.41) is 2.66. The second-order valence-electron chi connectivity index (χ2n) is 10.1. The Morgan fingerprint density at radius 1 is 0.941 bits per heavy atom. The van der Waals surface area contributed by atoms with Gasteiger partial charge in [0.05, 0.1) is 4.90 Å². The molecule has 2 fully saturated rings. The highest BCUT2D eigenvalue weighted by molar-refractivity contribution is 7.89. The Balaban J connectivity index is 1.63. The highest BCUT2D eigenvalue weighted by Gasteiger charge is 2.38. The molecule has 1 aromatic rings. The van der Waals surface area contributed by atoms with Gasteiger partial charge in [0.2, 0.25) is 21.8 Å². The van der Waals surface area contributed by atoms with Crippen LogP contribution in [0.5, 0.6) is 0 Å². The average Bonchev–Trinajstić information content (AvgIpc) is 2.79. The normalized spacial score (nSPS) is 22.4. The zero-order chi connectivity index (χ0) is 25.0. The average molecular weight is 493 g/mol. The van der Waals surface area contributed by atoms with Crippen molar-refractivity contribution in [2.24, 2.45) is 5.92 Å². The van der Waals surface area contributed by atoms with E-state index in [4.69, 9.17) is 0 Å². The van der Waals surface area contributed by atoms with Gasteiger partial charge in [0.1, 0.15) is 0 Å². The molecule has 2 aliphatic rings. The maximum absolute atomic E-state index is 13.5. The van der Waals surface area contributed by atoms with Crippen LogP contribution in [0.2, 0.25) is 0 Å². The van der Waals surface area contributed by atoms with Gasteiger partial charge in [0, 0.05) is 62.8 Å². The topological polar surface area (TPSA) is 90.0 Å². The first-order valence-electron chi connectivity index (χ1n) is 12.4. The van der Waals surface area contributed by atoms with Crippen LogP contribution in [0.4, 0.5) is 5.69 Å². The van der Waals surface area contributed by atoms with E-state index in [0.29, 0.717) is 37.4 Å². The summed E-state index contributed by atoms with van der Waals surface area (Å²) in [4.78, 5) is 29.0. The number of rotatable bonds is 7. The zero-order valence-corrected chi connectivity index (χ0v) is 22.0. The molecule has 0 atom stereocenters. The summed E-state index contributed by atoms with van der Waals surface area (Å²) in [6.07, 6.45) is 2.80. The molecule has 1 aromatic carbocycles. The lowest BCUT2D eigenvalue weighted by Gasteiger charge is -2.41. The van der Waals surface area contributed by atoms with Crippen LogP contribution in [0.3, 0.4) is 0 Å². The summed E-state index contributed by atoms with van der Waals surface area (Å²) < 4.78 is 28.6. The molecular weight excluding hydrogens is 452 g/mol. The van der Waals surface area contributed by atoms with E-state index >= 15 is 0 Å². The number of anilines is 1. The maximum atomic E-state index is 13.5. The number of nitrogens with one attached hydrogen (secondary N) is 1. The third-order valence-corrected chi connectivity index (χ3v) is 9.16. The summed E-state index contributed by atoms with van der Waals surface area (Å²) in [6.45, 7) is 13.0. The molecular formula is C25H40N4O4S. The predicted octanol–water partition coefficient (Wildman–Crippen LogP) is 3.16. The Bertz CT molecular complexity index is 946. The van der Waals surface area contributed by atoms with Crippen molar-refractivity contribution in [3.05, 3.63) is 24.3 Å². The van der Waals surface area contributed by atoms with Crippen molar-refractivity contribution >= 4 is 27.5 Å². The Hall–Kier alpha value is -1.97. The van der Waals surface area contributed by atoms with Crippen molar-refractivity contribution in [2.75, 3.05) is 31.5 Å². The van der Waals surface area contributed by atoms with Crippen LogP contribution in [-0.2, 0) is 19.6 Å². The third kappa shape index (κ3) is 6.17. The highest BCUT2D eigenvalue weighted by Crippen LogP contribution is 2.33. The molecule has 8 nitrogen and oxygen atoms in total. The molecule has 1 aliphatic heterocycles. The molecule has 34 heavy (non-hydrogen) atoms. The molecule has 1 saturated carbocycles. The van der Waals surface area contributed by atoms with Gasteiger partial charge in [-0.2, -0.15) is 4.31 Å². The van der Waals surface area contributed by atoms with Crippen molar-refractivity contribution < 1.29 is 18.0 Å². The van der Waals surface area contributed by atoms with E-state index in [1.54, 1.807) is 28.6 Å². The van der Waals surface area contributed by atoms with Crippen molar-refractivity contribution in [2.45, 2.75) is 83.3 Å². The van der Waals surface area contributed by atoms with Crippen LogP contribution in [0, 0.1) is 5.92 Å². The molecule has 190 valence electrons. The number of piperazine rings is 1. The maximum Gasteiger partial charge on any atom is 0.243 e. The number of sulfonamides is 1. The lowest BCUT2D eigenvalue weighted by molar-refractivity contribution is -0.138. The van der Waals surface area contributed by atoms with Crippen LogP contribution < -0.4 is 5.32 Å². The van der Waals surface area contributed by atoms with Gasteiger partial charge in [0.15, 0.2) is 0 Å². The summed E-state index contributed by atoms with van der Waals surface area (Å²) in [6, 6.07) is 6.49. The van der Waals surface area contributed by atoms with Crippen LogP contribution in [0.1, 0.15) is 60.3 Å². The van der Waals surface area contributed by atoms with E-state index in [2.05, 4.69) is 24.1 Å². The van der Waals surface area contributed by atoms with Crippen LogP contribution in [-0.4, -0.2) is 78.6 Å². The molecule has 1 N–H and O–H groups in total. The standard InChI is InChI=1S/C25H40N4O4S/c1-18(2)27-14-16-28(17-15-27)25(31)21-6-10-23(11-7-21)29(19(3)4)34(32,33)24-12-8-22(9-13-24)26-20(5)30/h8-9,12-13,18-19,21,23H,6-7,10-11,14-17H2,1-5H3,(H,26,30)/t21-,23-. The fourth-order valence-corrected chi connectivity index (χ4v) is 7.11. The fraction of sp³-hybridized carbons (Fsp3) is 0.680. The number of carbonyl (C=O) groups is 2. The summed E-state index contributed by atoms with van der Waals surface area (Å²) in [5.41, 5.74) is 0.566. The van der Waals surface area contributed by atoms with Gasteiger partial charge in [-0.3, -0.25) is 14.5 Å². The molecule has 0 spiro atoms. The minimum atomic E-state index is -3.70. The van der Waals surface area contributed by atoms with E-state index in [9.17, 15) is 18.0 Å². The van der Waals surface area contributed by atoms with E-state index in [1.165, 1.54) is 6.92 Å². The van der Waals surface area contributed by atoms with E-state index in [1.807, 2.05) is 18.7 Å². The monoisotopic (exact) mass is 492 g/mol. The number of nitrogens with zero attached hydrogens (tertiary/aromatic N) is 3. The molecule has 1 saturated heterocycles. The second kappa shape index (κ2) is 11.2. The lowest BCUT2D eigenvalue weighted by Crippen LogP contribution is -2.53. The van der Waals surface area contributed by atoms with Crippen molar-refractivity contribution in [3.8, 4) is 0 Å². The van der Waals surface area contributed by atoms with Gasteiger partial charge >= 0.3 is 0 Å². The minimum absolute atomic E-state index is 0.0181. The number of hydrogen-bond donors (Lipinski definition) is 1. The van der Waals surface area contributed by atoms with Crippen LogP contribution >= 0.6 is 0 Å². The molecule has 3 rings (SSSR count). The van der Waals surface area contributed by atoms with Crippen LogP contribution in [0.15, 0.2) is 29.2 Å². The van der Waals surface area contributed by atoms with Gasteiger partial charge in [-0.15, -0.1) is 0 Å². The smallest absolute Gasteiger partial charge is 0.243 e. The Labute approximate surface area is 204 Å². The molecule has 1 aliphatic carbocycles. The van der Waals surface area contributed by atoms with Crippen molar-refractivity contribution in [3.63, 3.8) is 0 Å². The molecule has 1 heterocycles. The van der Waals surface area contributed by atoms with Gasteiger partial charge in [-0.1, -0.05) is 0 Å². The molecule has 0 radical (unpaired) electrons. The first-order chi connectivity index (χ1) is 16.0. The molecule has 9 heteroatoms. The number of amides is 2.